The molecule has 0 bridgehead atoms. The Morgan fingerprint density at radius 3 is 2.54 bits per heavy atom. The number of hydrogen-bond acceptors (Lipinski definition) is 4. The maximum absolute atomic E-state index is 12.5. The molecule has 0 N–H and O–H groups in total. The smallest absolute Gasteiger partial charge is 0.289 e. The highest BCUT2D eigenvalue weighted by molar-refractivity contribution is 5.91. The lowest BCUT2D eigenvalue weighted by Gasteiger charge is -2.17. The molecule has 0 saturated carbocycles. The molecule has 1 aromatic carbocycles. The van der Waals surface area contributed by atoms with E-state index < -0.39 is 0 Å². The van der Waals surface area contributed by atoms with Gasteiger partial charge in [0.15, 0.2) is 5.76 Å². The number of carbonyl (C=O) groups excluding carboxylic acids is 1. The number of nitrogens with zero attached hydrogens (tertiary/aromatic N) is 2. The minimum absolute atomic E-state index is 0.110. The van der Waals surface area contributed by atoms with Crippen molar-refractivity contribution < 1.29 is 13.9 Å². The Bertz CT molecular complexity index is 727. The molecule has 5 heteroatoms. The van der Waals surface area contributed by atoms with E-state index in [-0.39, 0.29) is 5.91 Å². The number of likely N-dealkylation sites (tertiary alicyclic amines) is 1. The monoisotopic (exact) mass is 356 g/mol. The zero-order valence-corrected chi connectivity index (χ0v) is 16.0. The Hall–Kier alpha value is -2.27. The molecule has 1 amide bonds. The summed E-state index contributed by atoms with van der Waals surface area (Å²) in [5.74, 6) is 1.99. The second-order valence-electron chi connectivity index (χ2n) is 7.15. The van der Waals surface area contributed by atoms with Gasteiger partial charge in [0.1, 0.15) is 18.1 Å². The molecule has 0 aliphatic carbocycles. The Labute approximate surface area is 155 Å². The molecule has 1 saturated heterocycles. The molecule has 3 rings (SSSR count). The fraction of sp³-hybridized carbons (Fsp3) is 0.476. The number of benzene rings is 1. The second-order valence-corrected chi connectivity index (χ2v) is 7.15. The maximum Gasteiger partial charge on any atom is 0.289 e. The minimum atomic E-state index is -0.110. The summed E-state index contributed by atoms with van der Waals surface area (Å²) in [5.41, 5.74) is 2.34. The van der Waals surface area contributed by atoms with E-state index in [0.29, 0.717) is 18.9 Å². The van der Waals surface area contributed by atoms with Gasteiger partial charge in [-0.05, 0) is 75.2 Å². The highest BCUT2D eigenvalue weighted by Crippen LogP contribution is 2.17. The largest absolute Gasteiger partial charge is 0.492 e. The number of carbonyl (C=O) groups is 1. The molecule has 140 valence electrons. The van der Waals surface area contributed by atoms with Crippen LogP contribution in [-0.4, -0.2) is 49.0 Å². The van der Waals surface area contributed by atoms with Crippen molar-refractivity contribution in [1.82, 2.24) is 9.80 Å². The van der Waals surface area contributed by atoms with E-state index >= 15 is 0 Å². The van der Waals surface area contributed by atoms with Crippen LogP contribution in [0.1, 0.15) is 40.3 Å². The second kappa shape index (κ2) is 8.41. The normalized spacial score (nSPS) is 14.6. The summed E-state index contributed by atoms with van der Waals surface area (Å²) >= 11 is 0. The molecule has 1 fully saturated rings. The van der Waals surface area contributed by atoms with Gasteiger partial charge in [0.25, 0.3) is 5.91 Å². The van der Waals surface area contributed by atoms with E-state index in [1.54, 1.807) is 18.0 Å². The minimum Gasteiger partial charge on any atom is -0.492 e. The molecule has 2 heterocycles. The van der Waals surface area contributed by atoms with E-state index in [9.17, 15) is 4.79 Å². The summed E-state index contributed by atoms with van der Waals surface area (Å²) in [7, 11) is 1.77. The standard InChI is InChI=1S/C21H28N2O3/c1-16-12-17(2)14-19(13-16)25-11-10-22(3)21(24)20-7-6-18(26-20)15-23-8-4-5-9-23/h6-7,12-14H,4-5,8-11,15H2,1-3H3. The van der Waals surface area contributed by atoms with E-state index in [0.717, 1.165) is 31.1 Å². The SMILES string of the molecule is Cc1cc(C)cc(OCCN(C)C(=O)c2ccc(CN3CCCC3)o2)c1. The summed E-state index contributed by atoms with van der Waals surface area (Å²) in [6.45, 7) is 8.06. The van der Waals surface area contributed by atoms with Crippen molar-refractivity contribution in [2.24, 2.45) is 0 Å². The number of furan rings is 1. The highest BCUT2D eigenvalue weighted by atomic mass is 16.5. The van der Waals surface area contributed by atoms with Gasteiger partial charge in [-0.15, -0.1) is 0 Å². The number of hydrogen-bond donors (Lipinski definition) is 0. The summed E-state index contributed by atoms with van der Waals surface area (Å²) in [6.07, 6.45) is 2.49. The Morgan fingerprint density at radius 2 is 1.85 bits per heavy atom. The third kappa shape index (κ3) is 4.88. The van der Waals surface area contributed by atoms with Gasteiger partial charge in [-0.25, -0.2) is 0 Å². The van der Waals surface area contributed by atoms with Gasteiger partial charge in [-0.1, -0.05) is 6.07 Å². The number of amides is 1. The van der Waals surface area contributed by atoms with Gasteiger partial charge < -0.3 is 14.1 Å². The Morgan fingerprint density at radius 1 is 1.15 bits per heavy atom. The lowest BCUT2D eigenvalue weighted by atomic mass is 10.1. The molecular weight excluding hydrogens is 328 g/mol. The van der Waals surface area contributed by atoms with Crippen molar-refractivity contribution in [2.45, 2.75) is 33.2 Å². The van der Waals surface area contributed by atoms with Crippen molar-refractivity contribution in [3.63, 3.8) is 0 Å². The summed E-state index contributed by atoms with van der Waals surface area (Å²) in [6, 6.07) is 9.80. The van der Waals surface area contributed by atoms with E-state index in [1.807, 2.05) is 32.0 Å². The van der Waals surface area contributed by atoms with Crippen LogP contribution in [0, 0.1) is 13.8 Å². The van der Waals surface area contributed by atoms with Crippen LogP contribution in [0.3, 0.4) is 0 Å². The number of likely N-dealkylation sites (N-methyl/N-ethyl adjacent to an activating group) is 1. The van der Waals surface area contributed by atoms with Crippen LogP contribution in [0.5, 0.6) is 5.75 Å². The number of aryl methyl sites for hydroxylation is 2. The quantitative estimate of drug-likeness (QED) is 0.760. The average molecular weight is 356 g/mol. The van der Waals surface area contributed by atoms with Crippen molar-refractivity contribution >= 4 is 5.91 Å². The van der Waals surface area contributed by atoms with Crippen molar-refractivity contribution in [2.75, 3.05) is 33.3 Å². The van der Waals surface area contributed by atoms with Crippen LogP contribution in [0.4, 0.5) is 0 Å². The van der Waals surface area contributed by atoms with Crippen LogP contribution >= 0.6 is 0 Å². The molecule has 2 aromatic rings. The van der Waals surface area contributed by atoms with E-state index in [2.05, 4.69) is 11.0 Å². The van der Waals surface area contributed by atoms with Crippen LogP contribution < -0.4 is 4.74 Å². The lowest BCUT2D eigenvalue weighted by molar-refractivity contribution is 0.0739. The van der Waals surface area contributed by atoms with Gasteiger partial charge in [0.2, 0.25) is 0 Å². The number of ether oxygens (including phenoxy) is 1. The third-order valence-corrected chi connectivity index (χ3v) is 4.69. The summed E-state index contributed by atoms with van der Waals surface area (Å²) in [4.78, 5) is 16.5. The summed E-state index contributed by atoms with van der Waals surface area (Å²) < 4.78 is 11.5. The molecule has 1 aliphatic rings. The van der Waals surface area contributed by atoms with Gasteiger partial charge in [-0.2, -0.15) is 0 Å². The summed E-state index contributed by atoms with van der Waals surface area (Å²) in [5, 5.41) is 0. The van der Waals surface area contributed by atoms with Gasteiger partial charge >= 0.3 is 0 Å². The Kier molecular flexibility index (Phi) is 5.99. The first-order chi connectivity index (χ1) is 12.5. The Balaban J connectivity index is 1.48. The fourth-order valence-corrected chi connectivity index (χ4v) is 3.35. The molecule has 0 radical (unpaired) electrons. The van der Waals surface area contributed by atoms with Gasteiger partial charge in [0, 0.05) is 7.05 Å². The molecule has 0 spiro atoms. The topological polar surface area (TPSA) is 45.9 Å². The van der Waals surface area contributed by atoms with Crippen LogP contribution in [0.2, 0.25) is 0 Å². The molecule has 5 nitrogen and oxygen atoms in total. The first kappa shape index (κ1) is 18.5. The van der Waals surface area contributed by atoms with Crippen molar-refractivity contribution in [3.8, 4) is 5.75 Å². The molecule has 0 atom stereocenters. The van der Waals surface area contributed by atoms with Crippen molar-refractivity contribution in [3.05, 3.63) is 53.0 Å². The molecule has 1 aromatic heterocycles. The average Bonchev–Trinajstić information content (AvgIpc) is 3.25. The predicted octanol–water partition coefficient (Wildman–Crippen LogP) is 3.64. The molecular formula is C21H28N2O3. The molecule has 26 heavy (non-hydrogen) atoms. The lowest BCUT2D eigenvalue weighted by Crippen LogP contribution is -2.30. The van der Waals surface area contributed by atoms with Crippen molar-refractivity contribution in [1.29, 1.82) is 0 Å². The third-order valence-electron chi connectivity index (χ3n) is 4.69. The van der Waals surface area contributed by atoms with Gasteiger partial charge in [0.05, 0.1) is 13.1 Å². The zero-order valence-electron chi connectivity index (χ0n) is 16.0. The van der Waals surface area contributed by atoms with E-state index in [1.165, 1.54) is 24.0 Å². The fourth-order valence-electron chi connectivity index (χ4n) is 3.35. The first-order valence-corrected chi connectivity index (χ1v) is 9.29. The molecule has 1 aliphatic heterocycles. The van der Waals surface area contributed by atoms with Gasteiger partial charge in [-0.3, -0.25) is 9.69 Å². The van der Waals surface area contributed by atoms with Crippen LogP contribution in [0.25, 0.3) is 0 Å². The van der Waals surface area contributed by atoms with Crippen LogP contribution in [-0.2, 0) is 6.54 Å². The zero-order chi connectivity index (χ0) is 18.5. The predicted molar refractivity (Wildman–Crippen MR) is 102 cm³/mol. The maximum atomic E-state index is 12.5. The molecule has 0 unspecified atom stereocenters. The number of rotatable bonds is 7. The first-order valence-electron chi connectivity index (χ1n) is 9.29. The highest BCUT2D eigenvalue weighted by Gasteiger charge is 2.18. The van der Waals surface area contributed by atoms with Crippen LogP contribution in [0.15, 0.2) is 34.7 Å². The van der Waals surface area contributed by atoms with E-state index in [4.69, 9.17) is 9.15 Å².